The average molecular weight is 283 g/mol. The quantitative estimate of drug-likeness (QED) is 0.734. The lowest BCUT2D eigenvalue weighted by molar-refractivity contribution is 0.0531. The first-order valence-corrected chi connectivity index (χ1v) is 6.74. The second kappa shape index (κ2) is 7.20. The third kappa shape index (κ3) is 4.46. The van der Waals surface area contributed by atoms with Crippen LogP contribution < -0.4 is 15.4 Å². The minimum absolute atomic E-state index is 0.154. The molecular formula is C12H21N5O3. The summed E-state index contributed by atoms with van der Waals surface area (Å²) in [5, 5.41) is 0. The Balaban J connectivity index is 1.93. The van der Waals surface area contributed by atoms with E-state index in [0.29, 0.717) is 32.4 Å². The summed E-state index contributed by atoms with van der Waals surface area (Å²) in [5.74, 6) is 0.682. The van der Waals surface area contributed by atoms with Gasteiger partial charge in [0.15, 0.2) is 0 Å². The zero-order valence-corrected chi connectivity index (χ0v) is 11.9. The van der Waals surface area contributed by atoms with Crippen LogP contribution in [0.2, 0.25) is 0 Å². The highest BCUT2D eigenvalue weighted by atomic mass is 16.5. The zero-order valence-electron chi connectivity index (χ0n) is 11.9. The highest BCUT2D eigenvalue weighted by molar-refractivity contribution is 5.36. The molecule has 1 aromatic rings. The Hall–Kier alpha value is -1.67. The van der Waals surface area contributed by atoms with Gasteiger partial charge in [-0.1, -0.05) is 0 Å². The molecule has 112 valence electrons. The van der Waals surface area contributed by atoms with Crippen molar-refractivity contribution in [1.29, 1.82) is 0 Å². The molecule has 1 aliphatic rings. The minimum atomic E-state index is 0.154. The fourth-order valence-electron chi connectivity index (χ4n) is 1.75. The molecule has 0 aromatic carbocycles. The van der Waals surface area contributed by atoms with Crippen molar-refractivity contribution in [2.45, 2.75) is 20.0 Å². The molecule has 0 spiro atoms. The van der Waals surface area contributed by atoms with Gasteiger partial charge in [0.25, 0.3) is 0 Å². The van der Waals surface area contributed by atoms with Crippen LogP contribution in [0.15, 0.2) is 0 Å². The lowest BCUT2D eigenvalue weighted by Gasteiger charge is -2.26. The molecule has 0 bridgehead atoms. The fourth-order valence-corrected chi connectivity index (χ4v) is 1.75. The van der Waals surface area contributed by atoms with Crippen LogP contribution >= 0.6 is 0 Å². The topological polar surface area (TPSA) is 95.6 Å². The molecule has 0 atom stereocenters. The normalized spacial score (nSPS) is 15.7. The van der Waals surface area contributed by atoms with Crippen molar-refractivity contribution in [2.75, 3.05) is 50.2 Å². The van der Waals surface area contributed by atoms with E-state index in [9.17, 15) is 0 Å². The van der Waals surface area contributed by atoms with Gasteiger partial charge in [-0.05, 0) is 13.8 Å². The number of anilines is 2. The number of nitrogen functional groups attached to an aromatic ring is 1. The SMILES string of the molecule is CC(C)OCCOc1nc(N)nc(N2CCOCC2)n1. The molecule has 0 unspecified atom stereocenters. The van der Waals surface area contributed by atoms with Crippen LogP contribution in [0.3, 0.4) is 0 Å². The average Bonchev–Trinajstić information content (AvgIpc) is 2.44. The molecule has 1 fully saturated rings. The van der Waals surface area contributed by atoms with Gasteiger partial charge in [0.2, 0.25) is 11.9 Å². The molecular weight excluding hydrogens is 262 g/mol. The molecule has 0 aliphatic carbocycles. The summed E-state index contributed by atoms with van der Waals surface area (Å²) in [6.45, 7) is 7.59. The van der Waals surface area contributed by atoms with Gasteiger partial charge in [0, 0.05) is 13.1 Å². The smallest absolute Gasteiger partial charge is 0.323 e. The maximum absolute atomic E-state index is 5.69. The molecule has 2 rings (SSSR count). The lowest BCUT2D eigenvalue weighted by atomic mass is 10.4. The standard InChI is InChI=1S/C12H21N5O3/c1-9(2)19-7-8-20-12-15-10(13)14-11(16-12)17-3-5-18-6-4-17/h9H,3-8H2,1-2H3,(H2,13,14,15,16). The number of ether oxygens (including phenoxy) is 3. The Kier molecular flexibility index (Phi) is 5.31. The van der Waals surface area contributed by atoms with Crippen molar-refractivity contribution >= 4 is 11.9 Å². The van der Waals surface area contributed by atoms with Gasteiger partial charge in [0.05, 0.1) is 25.9 Å². The number of hydrogen-bond donors (Lipinski definition) is 1. The molecule has 0 saturated carbocycles. The third-order valence-corrected chi connectivity index (χ3v) is 2.68. The molecule has 0 radical (unpaired) electrons. The zero-order chi connectivity index (χ0) is 14.4. The van der Waals surface area contributed by atoms with E-state index in [1.165, 1.54) is 0 Å². The van der Waals surface area contributed by atoms with E-state index in [2.05, 4.69) is 15.0 Å². The summed E-state index contributed by atoms with van der Waals surface area (Å²) in [5.41, 5.74) is 5.69. The van der Waals surface area contributed by atoms with Crippen molar-refractivity contribution in [3.8, 4) is 6.01 Å². The summed E-state index contributed by atoms with van der Waals surface area (Å²) in [6.07, 6.45) is 0.172. The first kappa shape index (κ1) is 14.7. The van der Waals surface area contributed by atoms with E-state index in [1.807, 2.05) is 18.7 Å². The van der Waals surface area contributed by atoms with Crippen LogP contribution in [-0.2, 0) is 9.47 Å². The van der Waals surface area contributed by atoms with E-state index >= 15 is 0 Å². The van der Waals surface area contributed by atoms with Crippen LogP contribution in [0.25, 0.3) is 0 Å². The van der Waals surface area contributed by atoms with E-state index < -0.39 is 0 Å². The predicted molar refractivity (Wildman–Crippen MR) is 73.9 cm³/mol. The molecule has 2 heterocycles. The lowest BCUT2D eigenvalue weighted by Crippen LogP contribution is -2.37. The second-order valence-electron chi connectivity index (χ2n) is 4.64. The fraction of sp³-hybridized carbons (Fsp3) is 0.750. The van der Waals surface area contributed by atoms with E-state index in [-0.39, 0.29) is 18.1 Å². The predicted octanol–water partition coefficient (Wildman–Crippen LogP) is 0.0942. The monoisotopic (exact) mass is 283 g/mol. The maximum atomic E-state index is 5.69. The van der Waals surface area contributed by atoms with Gasteiger partial charge in [-0.25, -0.2) is 0 Å². The highest BCUT2D eigenvalue weighted by Crippen LogP contribution is 2.14. The van der Waals surface area contributed by atoms with Crippen LogP contribution in [0, 0.1) is 0 Å². The molecule has 2 N–H and O–H groups in total. The van der Waals surface area contributed by atoms with E-state index in [0.717, 1.165) is 13.1 Å². The molecule has 0 amide bonds. The molecule has 20 heavy (non-hydrogen) atoms. The Bertz CT molecular complexity index is 424. The van der Waals surface area contributed by atoms with Crippen LogP contribution in [0.1, 0.15) is 13.8 Å². The largest absolute Gasteiger partial charge is 0.461 e. The van der Waals surface area contributed by atoms with Crippen molar-refractivity contribution in [2.24, 2.45) is 0 Å². The van der Waals surface area contributed by atoms with Crippen molar-refractivity contribution in [3.63, 3.8) is 0 Å². The van der Waals surface area contributed by atoms with Crippen molar-refractivity contribution in [1.82, 2.24) is 15.0 Å². The van der Waals surface area contributed by atoms with Crippen molar-refractivity contribution in [3.05, 3.63) is 0 Å². The van der Waals surface area contributed by atoms with Gasteiger partial charge in [-0.3, -0.25) is 0 Å². The number of nitrogens with zero attached hydrogens (tertiary/aromatic N) is 4. The van der Waals surface area contributed by atoms with E-state index in [1.54, 1.807) is 0 Å². The van der Waals surface area contributed by atoms with Crippen LogP contribution in [0.5, 0.6) is 6.01 Å². The third-order valence-electron chi connectivity index (χ3n) is 2.68. The number of rotatable bonds is 6. The van der Waals surface area contributed by atoms with Gasteiger partial charge in [0.1, 0.15) is 6.61 Å². The first-order chi connectivity index (χ1) is 9.65. The van der Waals surface area contributed by atoms with E-state index in [4.69, 9.17) is 19.9 Å². The first-order valence-electron chi connectivity index (χ1n) is 6.74. The number of morpholine rings is 1. The summed E-state index contributed by atoms with van der Waals surface area (Å²) < 4.78 is 16.1. The molecule has 1 aromatic heterocycles. The number of nitrogens with two attached hydrogens (primary N) is 1. The Morgan fingerprint density at radius 1 is 1.20 bits per heavy atom. The van der Waals surface area contributed by atoms with Gasteiger partial charge in [-0.15, -0.1) is 0 Å². The molecule has 8 heteroatoms. The Morgan fingerprint density at radius 2 is 1.95 bits per heavy atom. The van der Waals surface area contributed by atoms with Crippen LogP contribution in [-0.4, -0.2) is 60.6 Å². The molecule has 8 nitrogen and oxygen atoms in total. The number of hydrogen-bond acceptors (Lipinski definition) is 8. The second-order valence-corrected chi connectivity index (χ2v) is 4.64. The molecule has 1 aliphatic heterocycles. The van der Waals surface area contributed by atoms with Gasteiger partial charge >= 0.3 is 6.01 Å². The minimum Gasteiger partial charge on any atom is -0.461 e. The van der Waals surface area contributed by atoms with Crippen LogP contribution in [0.4, 0.5) is 11.9 Å². The summed E-state index contributed by atoms with van der Waals surface area (Å²) >= 11 is 0. The Labute approximate surface area is 118 Å². The van der Waals surface area contributed by atoms with Gasteiger partial charge in [-0.2, -0.15) is 15.0 Å². The summed E-state index contributed by atoms with van der Waals surface area (Å²) in [7, 11) is 0. The van der Waals surface area contributed by atoms with Crippen molar-refractivity contribution < 1.29 is 14.2 Å². The maximum Gasteiger partial charge on any atom is 0.323 e. The highest BCUT2D eigenvalue weighted by Gasteiger charge is 2.16. The number of aromatic nitrogens is 3. The Morgan fingerprint density at radius 3 is 2.65 bits per heavy atom. The van der Waals surface area contributed by atoms with Gasteiger partial charge < -0.3 is 24.8 Å². The molecule has 1 saturated heterocycles. The summed E-state index contributed by atoms with van der Waals surface area (Å²) in [6, 6.07) is 0.228. The summed E-state index contributed by atoms with van der Waals surface area (Å²) in [4.78, 5) is 14.4.